The Morgan fingerprint density at radius 3 is 2.17 bits per heavy atom. The van der Waals surface area contributed by atoms with Crippen LogP contribution >= 0.6 is 0 Å². The number of hydrogen-bond donors (Lipinski definition) is 0. The van der Waals surface area contributed by atoms with Crippen LogP contribution in [0.4, 0.5) is 0 Å². The van der Waals surface area contributed by atoms with Crippen molar-refractivity contribution in [3.63, 3.8) is 0 Å². The molecule has 0 spiro atoms. The van der Waals surface area contributed by atoms with Gasteiger partial charge in [0.1, 0.15) is 5.21 Å². The van der Waals surface area contributed by atoms with E-state index in [9.17, 15) is 5.21 Å². The maximum atomic E-state index is 11.4. The summed E-state index contributed by atoms with van der Waals surface area (Å²) in [7, 11) is 0. The van der Waals surface area contributed by atoms with E-state index >= 15 is 0 Å². The summed E-state index contributed by atoms with van der Waals surface area (Å²) in [5.74, 6) is 0. The van der Waals surface area contributed by atoms with Crippen LogP contribution in [0.15, 0.2) is 66.9 Å². The Morgan fingerprint density at radius 2 is 1.50 bits per heavy atom. The molecule has 0 saturated heterocycles. The van der Waals surface area contributed by atoms with Gasteiger partial charge in [0.05, 0.1) is 0 Å². The monoisotopic (exact) mass is 237 g/mol. The van der Waals surface area contributed by atoms with E-state index < -0.39 is 0 Å². The van der Waals surface area contributed by atoms with E-state index in [0.29, 0.717) is 4.85 Å². The van der Waals surface area contributed by atoms with Crippen molar-refractivity contribution in [3.8, 4) is 16.9 Å². The van der Waals surface area contributed by atoms with E-state index in [0.717, 1.165) is 16.9 Å². The third-order valence-corrected chi connectivity index (χ3v) is 2.71. The van der Waals surface area contributed by atoms with Gasteiger partial charge in [0.25, 0.3) is 0 Å². The van der Waals surface area contributed by atoms with Crippen LogP contribution < -0.4 is 4.85 Å². The van der Waals surface area contributed by atoms with Crippen molar-refractivity contribution in [1.82, 2.24) is 9.90 Å². The Hall–Kier alpha value is -2.62. The molecule has 0 bridgehead atoms. The van der Waals surface area contributed by atoms with Crippen LogP contribution in [0.3, 0.4) is 0 Å². The fourth-order valence-electron chi connectivity index (χ4n) is 1.89. The fourth-order valence-corrected chi connectivity index (χ4v) is 1.89. The van der Waals surface area contributed by atoms with Crippen molar-refractivity contribution in [1.29, 1.82) is 0 Å². The maximum absolute atomic E-state index is 11.4. The Kier molecular flexibility index (Phi) is 2.53. The predicted molar refractivity (Wildman–Crippen MR) is 68.0 cm³/mol. The van der Waals surface area contributed by atoms with E-state index in [1.807, 2.05) is 60.7 Å². The molecular weight excluding hydrogens is 226 g/mol. The molecule has 18 heavy (non-hydrogen) atoms. The highest BCUT2D eigenvalue weighted by atomic mass is 16.5. The molecule has 0 radical (unpaired) electrons. The highest BCUT2D eigenvalue weighted by Gasteiger charge is 2.16. The molecule has 88 valence electrons. The first-order valence-electron chi connectivity index (χ1n) is 5.65. The second-order valence-corrected chi connectivity index (χ2v) is 3.92. The van der Waals surface area contributed by atoms with Gasteiger partial charge < -0.3 is 5.21 Å². The van der Waals surface area contributed by atoms with E-state index in [1.54, 1.807) is 4.68 Å². The van der Waals surface area contributed by atoms with Gasteiger partial charge in [-0.15, -0.1) is 4.85 Å². The van der Waals surface area contributed by atoms with Crippen LogP contribution in [0.2, 0.25) is 0 Å². The van der Waals surface area contributed by atoms with Gasteiger partial charge >= 0.3 is 0 Å². The van der Waals surface area contributed by atoms with Crippen LogP contribution in [0.5, 0.6) is 0 Å². The van der Waals surface area contributed by atoms with Gasteiger partial charge in [-0.3, -0.25) is 0 Å². The molecule has 0 aliphatic carbocycles. The van der Waals surface area contributed by atoms with Gasteiger partial charge in [0.15, 0.2) is 11.9 Å². The van der Waals surface area contributed by atoms with Crippen LogP contribution in [-0.2, 0) is 0 Å². The van der Waals surface area contributed by atoms with Gasteiger partial charge in [-0.05, 0) is 12.1 Å². The quantitative estimate of drug-likeness (QED) is 0.506. The Balaban J connectivity index is 2.17. The first-order chi connectivity index (χ1) is 8.84. The molecule has 0 amide bonds. The average molecular weight is 237 g/mol. The molecule has 1 heterocycles. The van der Waals surface area contributed by atoms with Crippen molar-refractivity contribution < 1.29 is 4.85 Å². The second-order valence-electron chi connectivity index (χ2n) is 3.92. The summed E-state index contributed by atoms with van der Waals surface area (Å²) >= 11 is 0. The van der Waals surface area contributed by atoms with Crippen molar-refractivity contribution in [2.24, 2.45) is 0 Å². The minimum Gasteiger partial charge on any atom is -0.691 e. The zero-order chi connectivity index (χ0) is 12.4. The summed E-state index contributed by atoms with van der Waals surface area (Å²) in [5, 5.41) is 15.4. The van der Waals surface area contributed by atoms with Crippen LogP contribution in [0, 0.1) is 5.21 Å². The summed E-state index contributed by atoms with van der Waals surface area (Å²) in [6.07, 6.45) is 1.47. The number of nitrogens with zero attached hydrogens (tertiary/aromatic N) is 3. The van der Waals surface area contributed by atoms with Crippen molar-refractivity contribution in [2.45, 2.75) is 0 Å². The molecule has 0 atom stereocenters. The third kappa shape index (κ3) is 1.84. The van der Waals surface area contributed by atoms with Crippen molar-refractivity contribution >= 4 is 0 Å². The lowest BCUT2D eigenvalue weighted by Gasteiger charge is -1.98. The molecule has 3 aromatic rings. The van der Waals surface area contributed by atoms with Gasteiger partial charge in [-0.2, -0.15) is 0 Å². The Bertz CT molecular complexity index is 590. The highest BCUT2D eigenvalue weighted by molar-refractivity contribution is 5.59. The lowest BCUT2D eigenvalue weighted by molar-refractivity contribution is -0.670. The molecule has 0 fully saturated rings. The molecule has 1 aromatic heterocycles. The summed E-state index contributed by atoms with van der Waals surface area (Å²) in [5.41, 5.74) is 2.60. The first kappa shape index (κ1) is 10.5. The third-order valence-electron chi connectivity index (χ3n) is 2.71. The molecular formula is C14H11N3O. The molecule has 0 aliphatic rings. The average Bonchev–Trinajstić information content (AvgIpc) is 2.83. The largest absolute Gasteiger partial charge is 0.691 e. The predicted octanol–water partition coefficient (Wildman–Crippen LogP) is 2.17. The van der Waals surface area contributed by atoms with Crippen molar-refractivity contribution in [3.05, 3.63) is 72.1 Å². The standard InChI is InChI=1S/C14H11N3O/c18-16-11-14(12-7-3-1-4-8-12)17(15-16)13-9-5-2-6-10-13/h1-11H. The molecule has 2 aromatic carbocycles. The van der Waals surface area contributed by atoms with Crippen LogP contribution in [0.1, 0.15) is 0 Å². The molecule has 0 saturated carbocycles. The molecule has 4 nitrogen and oxygen atoms in total. The number of benzene rings is 2. The molecule has 0 unspecified atom stereocenters. The van der Waals surface area contributed by atoms with Gasteiger partial charge in [0, 0.05) is 5.56 Å². The maximum Gasteiger partial charge on any atom is 0.205 e. The topological polar surface area (TPSA) is 44.8 Å². The Morgan fingerprint density at radius 1 is 0.889 bits per heavy atom. The highest BCUT2D eigenvalue weighted by Crippen LogP contribution is 2.19. The van der Waals surface area contributed by atoms with E-state index in [1.165, 1.54) is 6.20 Å². The number of rotatable bonds is 2. The number of hydrogen-bond acceptors (Lipinski definition) is 2. The fraction of sp³-hybridized carbons (Fsp3) is 0. The van der Waals surface area contributed by atoms with E-state index in [4.69, 9.17) is 0 Å². The minimum atomic E-state index is 0.579. The lowest BCUT2D eigenvalue weighted by Crippen LogP contribution is -2.27. The zero-order valence-electron chi connectivity index (χ0n) is 9.60. The van der Waals surface area contributed by atoms with Crippen LogP contribution in [-0.4, -0.2) is 9.90 Å². The van der Waals surface area contributed by atoms with Gasteiger partial charge in [-0.1, -0.05) is 53.2 Å². The summed E-state index contributed by atoms with van der Waals surface area (Å²) < 4.78 is 1.64. The number of para-hydroxylation sites is 1. The van der Waals surface area contributed by atoms with Gasteiger partial charge in [-0.25, -0.2) is 0 Å². The second kappa shape index (κ2) is 4.33. The summed E-state index contributed by atoms with van der Waals surface area (Å²) in [4.78, 5) is 0.579. The summed E-state index contributed by atoms with van der Waals surface area (Å²) in [6, 6.07) is 19.3. The molecule has 0 N–H and O–H groups in total. The molecule has 4 heteroatoms. The van der Waals surface area contributed by atoms with E-state index in [-0.39, 0.29) is 0 Å². The lowest BCUT2D eigenvalue weighted by atomic mass is 10.1. The summed E-state index contributed by atoms with van der Waals surface area (Å²) in [6.45, 7) is 0. The normalized spacial score (nSPS) is 10.4. The van der Waals surface area contributed by atoms with Crippen LogP contribution in [0.25, 0.3) is 16.9 Å². The number of aromatic nitrogens is 3. The van der Waals surface area contributed by atoms with Gasteiger partial charge in [0.2, 0.25) is 5.69 Å². The molecule has 3 rings (SSSR count). The minimum absolute atomic E-state index is 0.579. The smallest absolute Gasteiger partial charge is 0.205 e. The first-order valence-corrected chi connectivity index (χ1v) is 5.65. The Labute approximate surface area is 104 Å². The van der Waals surface area contributed by atoms with E-state index in [2.05, 4.69) is 5.21 Å². The van der Waals surface area contributed by atoms with Crippen molar-refractivity contribution in [2.75, 3.05) is 0 Å². The SMILES string of the molecule is [O-][n+]1cc(-c2ccccc2)n(-c2ccccc2)n1. The zero-order valence-corrected chi connectivity index (χ0v) is 9.60. The molecule has 0 aliphatic heterocycles.